The van der Waals surface area contributed by atoms with Crippen LogP contribution in [0.4, 0.5) is 0 Å². The largest absolute Gasteiger partial charge is 0.455 e. The van der Waals surface area contributed by atoms with Crippen molar-refractivity contribution in [1.82, 2.24) is 0 Å². The highest BCUT2D eigenvalue weighted by Crippen LogP contribution is 2.77. The summed E-state index contributed by atoms with van der Waals surface area (Å²) in [6, 6.07) is 0. The lowest BCUT2D eigenvalue weighted by Gasteiger charge is -2.14. The molecule has 0 aromatic rings. The topological polar surface area (TPSA) is 40.5 Å². The van der Waals surface area contributed by atoms with Crippen molar-refractivity contribution in [3.63, 3.8) is 0 Å². The van der Waals surface area contributed by atoms with Gasteiger partial charge in [-0.15, -0.1) is 11.6 Å². The summed E-state index contributed by atoms with van der Waals surface area (Å²) in [6.07, 6.45) is 1.14. The van der Waals surface area contributed by atoms with Crippen molar-refractivity contribution in [2.24, 2.45) is 23.7 Å². The third kappa shape index (κ3) is 0.599. The highest BCUT2D eigenvalue weighted by molar-refractivity contribution is 6.44. The molecule has 4 saturated carbocycles. The molecule has 2 N–H and O–H groups in total. The molecule has 4 heteroatoms. The normalized spacial score (nSPS) is 63.5. The lowest BCUT2D eigenvalue weighted by Crippen LogP contribution is -2.24. The van der Waals surface area contributed by atoms with Crippen LogP contribution in [0.1, 0.15) is 6.42 Å². The van der Waals surface area contributed by atoms with Gasteiger partial charge in [0.1, 0.15) is 0 Å². The van der Waals surface area contributed by atoms with Gasteiger partial charge in [0.25, 0.3) is 0 Å². The summed E-state index contributed by atoms with van der Waals surface area (Å²) in [5.74, 6) is 2.44. The molecular formula is C7H10BClO2. The first-order valence-corrected chi connectivity index (χ1v) is 4.65. The zero-order valence-electron chi connectivity index (χ0n) is 6.02. The van der Waals surface area contributed by atoms with Gasteiger partial charge in [-0.1, -0.05) is 0 Å². The van der Waals surface area contributed by atoms with Crippen LogP contribution in [0, 0.1) is 23.7 Å². The lowest BCUT2D eigenvalue weighted by atomic mass is 9.67. The fraction of sp³-hybridized carbons (Fsp3) is 1.00. The monoisotopic (exact) mass is 172 g/mol. The fourth-order valence-corrected chi connectivity index (χ4v) is 4.16. The molecule has 4 fully saturated rings. The van der Waals surface area contributed by atoms with Crippen LogP contribution in [-0.4, -0.2) is 22.5 Å². The predicted molar refractivity (Wildman–Crippen MR) is 42.2 cm³/mol. The molecular weight excluding hydrogens is 162 g/mol. The summed E-state index contributed by atoms with van der Waals surface area (Å²) in [6.45, 7) is 0. The van der Waals surface area contributed by atoms with Crippen LogP contribution in [0.15, 0.2) is 0 Å². The van der Waals surface area contributed by atoms with Gasteiger partial charge in [-0.25, -0.2) is 0 Å². The van der Waals surface area contributed by atoms with Crippen molar-refractivity contribution in [3.8, 4) is 0 Å². The van der Waals surface area contributed by atoms with Gasteiger partial charge in [0.05, 0.1) is 0 Å². The summed E-state index contributed by atoms with van der Waals surface area (Å²) in [5, 5.41) is 18.4. The average Bonchev–Trinajstić information content (AvgIpc) is 2.33. The van der Waals surface area contributed by atoms with Gasteiger partial charge in [0, 0.05) is 11.2 Å². The lowest BCUT2D eigenvalue weighted by molar-refractivity contribution is 0.365. The van der Waals surface area contributed by atoms with Crippen molar-refractivity contribution in [3.05, 3.63) is 0 Å². The Morgan fingerprint density at radius 2 is 1.91 bits per heavy atom. The number of alkyl halides is 1. The minimum absolute atomic E-state index is 0.104. The van der Waals surface area contributed by atoms with Gasteiger partial charge in [-0.3, -0.25) is 0 Å². The zero-order chi connectivity index (χ0) is 7.75. The van der Waals surface area contributed by atoms with Crippen molar-refractivity contribution < 1.29 is 10.0 Å². The van der Waals surface area contributed by atoms with Gasteiger partial charge in [0.15, 0.2) is 0 Å². The van der Waals surface area contributed by atoms with Crippen LogP contribution in [0.5, 0.6) is 0 Å². The molecule has 6 unspecified atom stereocenters. The van der Waals surface area contributed by atoms with Gasteiger partial charge >= 0.3 is 7.12 Å². The first-order valence-electron chi connectivity index (χ1n) is 4.22. The van der Waals surface area contributed by atoms with Crippen LogP contribution in [0.3, 0.4) is 0 Å². The third-order valence-corrected chi connectivity index (χ3v) is 4.51. The summed E-state index contributed by atoms with van der Waals surface area (Å²) in [5.41, 5.74) is 0. The van der Waals surface area contributed by atoms with Crippen molar-refractivity contribution in [2.45, 2.75) is 17.6 Å². The predicted octanol–water partition coefficient (Wildman–Crippen LogP) is 0.332. The summed E-state index contributed by atoms with van der Waals surface area (Å²) in [4.78, 5) is 0. The molecule has 0 aliphatic heterocycles. The Morgan fingerprint density at radius 3 is 2.09 bits per heavy atom. The van der Waals surface area contributed by atoms with Crippen molar-refractivity contribution >= 4 is 18.7 Å². The van der Waals surface area contributed by atoms with Gasteiger partial charge in [-0.2, -0.15) is 0 Å². The maximum absolute atomic E-state index is 9.06. The minimum Gasteiger partial charge on any atom is -0.427 e. The molecule has 0 spiro atoms. The van der Waals surface area contributed by atoms with Crippen molar-refractivity contribution in [1.29, 1.82) is 0 Å². The second-order valence-corrected chi connectivity index (χ2v) is 4.66. The van der Waals surface area contributed by atoms with Gasteiger partial charge in [-0.05, 0) is 30.1 Å². The van der Waals surface area contributed by atoms with E-state index >= 15 is 0 Å². The second-order valence-electron chi connectivity index (χ2n) is 4.15. The maximum atomic E-state index is 9.06. The van der Waals surface area contributed by atoms with E-state index < -0.39 is 7.12 Å². The van der Waals surface area contributed by atoms with E-state index in [1.165, 1.54) is 0 Å². The van der Waals surface area contributed by atoms with Crippen LogP contribution >= 0.6 is 11.6 Å². The number of hydrogen-bond donors (Lipinski definition) is 2. The zero-order valence-corrected chi connectivity index (χ0v) is 6.78. The molecule has 0 radical (unpaired) electrons. The molecule has 0 aromatic heterocycles. The average molecular weight is 172 g/mol. The van der Waals surface area contributed by atoms with E-state index in [-0.39, 0.29) is 11.2 Å². The van der Waals surface area contributed by atoms with E-state index in [1.807, 2.05) is 0 Å². The second kappa shape index (κ2) is 1.78. The standard InChI is InChI=1S/C7H10BClO2/c9-7-3-1-2-4(5(2)7)6(3)8(10)11/h2-7,10-11H,1H2. The van der Waals surface area contributed by atoms with Crippen molar-refractivity contribution in [2.75, 3.05) is 0 Å². The summed E-state index contributed by atoms with van der Waals surface area (Å²) < 4.78 is 0. The van der Waals surface area contributed by atoms with Crippen LogP contribution in [0.2, 0.25) is 5.82 Å². The quantitative estimate of drug-likeness (QED) is 0.442. The number of halogens is 1. The fourth-order valence-electron chi connectivity index (χ4n) is 3.54. The summed E-state index contributed by atoms with van der Waals surface area (Å²) >= 11 is 6.11. The molecule has 0 heterocycles. The Kier molecular flexibility index (Phi) is 1.09. The van der Waals surface area contributed by atoms with E-state index in [2.05, 4.69) is 0 Å². The molecule has 2 nitrogen and oxygen atoms in total. The maximum Gasteiger partial charge on any atom is 0.455 e. The van der Waals surface area contributed by atoms with Crippen LogP contribution < -0.4 is 0 Å². The molecule has 60 valence electrons. The first-order chi connectivity index (χ1) is 5.22. The molecule has 0 aromatic carbocycles. The van der Waals surface area contributed by atoms with Gasteiger partial charge in [0.2, 0.25) is 0 Å². The Morgan fingerprint density at radius 1 is 1.18 bits per heavy atom. The highest BCUT2D eigenvalue weighted by Gasteiger charge is 2.74. The molecule has 6 atom stereocenters. The number of hydrogen-bond acceptors (Lipinski definition) is 2. The van der Waals surface area contributed by atoms with Crippen LogP contribution in [-0.2, 0) is 0 Å². The molecule has 0 saturated heterocycles. The molecule has 0 amide bonds. The molecule has 4 aliphatic carbocycles. The molecule has 4 bridgehead atoms. The van der Waals surface area contributed by atoms with Gasteiger partial charge < -0.3 is 10.0 Å². The van der Waals surface area contributed by atoms with Crippen LogP contribution in [0.25, 0.3) is 0 Å². The Balaban J connectivity index is 1.92. The number of rotatable bonds is 1. The Hall–Kier alpha value is 0.275. The summed E-state index contributed by atoms with van der Waals surface area (Å²) in [7, 11) is -1.12. The van der Waals surface area contributed by atoms with E-state index in [4.69, 9.17) is 21.6 Å². The highest BCUT2D eigenvalue weighted by atomic mass is 35.5. The third-order valence-electron chi connectivity index (χ3n) is 3.90. The first kappa shape index (κ1) is 6.75. The smallest absolute Gasteiger partial charge is 0.427 e. The van der Waals surface area contributed by atoms with E-state index in [1.54, 1.807) is 0 Å². The van der Waals surface area contributed by atoms with E-state index in [0.717, 1.165) is 12.3 Å². The minimum atomic E-state index is -1.12. The molecule has 11 heavy (non-hydrogen) atoms. The van der Waals surface area contributed by atoms with E-state index in [0.29, 0.717) is 17.8 Å². The molecule has 4 aliphatic rings. The Bertz CT molecular complexity index is 211. The Labute approximate surface area is 70.7 Å². The molecule has 4 rings (SSSR count). The van der Waals surface area contributed by atoms with E-state index in [9.17, 15) is 0 Å². The SMILES string of the molecule is OB(O)C1C2CC3C(C2Cl)C31.